The molecule has 0 amide bonds. The van der Waals surface area contributed by atoms with Crippen LogP contribution in [0.5, 0.6) is 5.75 Å². The topological polar surface area (TPSA) is 146 Å². The van der Waals surface area contributed by atoms with Crippen molar-refractivity contribution in [2.24, 2.45) is 23.0 Å². The Hall–Kier alpha value is -4.90. The number of rotatable bonds is 6. The van der Waals surface area contributed by atoms with Gasteiger partial charge in [-0.25, -0.2) is 4.52 Å². The standard InChI is InChI=1S/C27H28N10O/c1-17(33-21-4-8-36(16-29)9-5-21)26(34-30)19-10-25(27-20(11-28)12-32-37(27)15-19)38-18(2)23-13-31-14-24-22(23)6-7-35(24)3/h6-7,10,12-15,18,21H,4-5,8-9,30H2,1-3H3/b33-17?,34-26+. The van der Waals surface area contributed by atoms with E-state index in [0.29, 0.717) is 46.9 Å². The van der Waals surface area contributed by atoms with Gasteiger partial charge in [0, 0.05) is 55.2 Å². The van der Waals surface area contributed by atoms with E-state index in [1.165, 1.54) is 6.20 Å². The molecule has 4 aromatic rings. The van der Waals surface area contributed by atoms with Crippen LogP contribution in [0.1, 0.15) is 49.5 Å². The zero-order valence-corrected chi connectivity index (χ0v) is 21.5. The molecule has 4 aromatic heterocycles. The number of hydrazone groups is 1. The van der Waals surface area contributed by atoms with E-state index in [1.807, 2.05) is 50.0 Å². The molecule has 0 aliphatic carbocycles. The predicted octanol–water partition coefficient (Wildman–Crippen LogP) is 3.30. The highest BCUT2D eigenvalue weighted by Gasteiger charge is 2.22. The van der Waals surface area contributed by atoms with Crippen LogP contribution < -0.4 is 10.6 Å². The first-order valence-electron chi connectivity index (χ1n) is 12.4. The number of nitrogens with two attached hydrogens (primary N) is 1. The molecule has 5 rings (SSSR count). The SMILES string of the molecule is CC(=NC1CCN(C#N)CC1)/C(=N\N)c1cc(OC(C)c2cncc3c2ccn3C)c2c(C#N)cnn2c1. The number of aromatic nitrogens is 4. The number of nitriles is 2. The lowest BCUT2D eigenvalue weighted by atomic mass is 10.0. The van der Waals surface area contributed by atoms with Crippen molar-refractivity contribution in [2.45, 2.75) is 38.8 Å². The van der Waals surface area contributed by atoms with Crippen molar-refractivity contribution in [2.75, 3.05) is 13.1 Å². The van der Waals surface area contributed by atoms with E-state index < -0.39 is 0 Å². The third-order valence-electron chi connectivity index (χ3n) is 7.01. The summed E-state index contributed by atoms with van der Waals surface area (Å²) < 4.78 is 10.1. The molecule has 0 saturated carbocycles. The molecule has 1 unspecified atom stereocenters. The molecule has 11 nitrogen and oxygen atoms in total. The maximum atomic E-state index is 9.72. The molecule has 1 saturated heterocycles. The van der Waals surface area contributed by atoms with Crippen LogP contribution in [0.15, 0.2) is 53.2 Å². The number of aliphatic imine (C=N–C) groups is 1. The normalized spacial score (nSPS) is 16.0. The number of piperidine rings is 1. The predicted molar refractivity (Wildman–Crippen MR) is 144 cm³/mol. The molecular formula is C27H28N10O. The fourth-order valence-corrected chi connectivity index (χ4v) is 4.97. The highest BCUT2D eigenvalue weighted by molar-refractivity contribution is 6.47. The van der Waals surface area contributed by atoms with E-state index in [-0.39, 0.29) is 12.1 Å². The second-order valence-electron chi connectivity index (χ2n) is 9.41. The van der Waals surface area contributed by atoms with Crippen molar-refractivity contribution in [3.05, 3.63) is 59.8 Å². The van der Waals surface area contributed by atoms with Gasteiger partial charge in [-0.15, -0.1) is 0 Å². The summed E-state index contributed by atoms with van der Waals surface area (Å²) in [7, 11) is 1.97. The third kappa shape index (κ3) is 4.50. The largest absolute Gasteiger partial charge is 0.484 e. The molecule has 0 aromatic carbocycles. The van der Waals surface area contributed by atoms with Gasteiger partial charge in [0.05, 0.1) is 29.7 Å². The third-order valence-corrected chi connectivity index (χ3v) is 7.01. The summed E-state index contributed by atoms with van der Waals surface area (Å²) in [6.07, 6.45) is 12.3. The van der Waals surface area contributed by atoms with Crippen LogP contribution in [0.4, 0.5) is 0 Å². The molecule has 1 aliphatic heterocycles. The van der Waals surface area contributed by atoms with Crippen LogP contribution in [0.2, 0.25) is 0 Å². The molecule has 192 valence electrons. The highest BCUT2D eigenvalue weighted by atomic mass is 16.5. The molecule has 11 heteroatoms. The van der Waals surface area contributed by atoms with Crippen molar-refractivity contribution >= 4 is 27.8 Å². The number of ether oxygens (including phenoxy) is 1. The average Bonchev–Trinajstić information content (AvgIpc) is 3.53. The van der Waals surface area contributed by atoms with Gasteiger partial charge in [-0.05, 0) is 38.8 Å². The number of aryl methyl sites for hydroxylation is 1. The lowest BCUT2D eigenvalue weighted by Crippen LogP contribution is -2.32. The highest BCUT2D eigenvalue weighted by Crippen LogP contribution is 2.32. The van der Waals surface area contributed by atoms with E-state index in [1.54, 1.807) is 21.8 Å². The lowest BCUT2D eigenvalue weighted by molar-refractivity contribution is 0.230. The van der Waals surface area contributed by atoms with Crippen LogP contribution in [0.25, 0.3) is 16.4 Å². The Morgan fingerprint density at radius 1 is 1.24 bits per heavy atom. The number of hydrogen-bond acceptors (Lipinski definition) is 9. The van der Waals surface area contributed by atoms with Gasteiger partial charge < -0.3 is 20.0 Å². The Bertz CT molecular complexity index is 1640. The summed E-state index contributed by atoms with van der Waals surface area (Å²) in [5, 5.41) is 28.3. The first kappa shape index (κ1) is 24.8. The van der Waals surface area contributed by atoms with Crippen LogP contribution in [-0.2, 0) is 7.05 Å². The van der Waals surface area contributed by atoms with Gasteiger partial charge in [-0.3, -0.25) is 9.98 Å². The molecule has 0 spiro atoms. The van der Waals surface area contributed by atoms with Crippen molar-refractivity contribution in [1.29, 1.82) is 10.5 Å². The second-order valence-corrected chi connectivity index (χ2v) is 9.41. The molecule has 38 heavy (non-hydrogen) atoms. The van der Waals surface area contributed by atoms with Gasteiger partial charge in [-0.2, -0.15) is 20.7 Å². The van der Waals surface area contributed by atoms with Gasteiger partial charge in [0.2, 0.25) is 0 Å². The quantitative estimate of drug-likeness (QED) is 0.182. The van der Waals surface area contributed by atoms with Gasteiger partial charge in [0.1, 0.15) is 34.7 Å². The zero-order valence-electron chi connectivity index (χ0n) is 21.5. The Labute approximate surface area is 220 Å². The Kier molecular flexibility index (Phi) is 6.67. The van der Waals surface area contributed by atoms with Gasteiger partial charge >= 0.3 is 0 Å². The molecule has 0 radical (unpaired) electrons. The van der Waals surface area contributed by atoms with Crippen LogP contribution in [0, 0.1) is 22.8 Å². The lowest BCUT2D eigenvalue weighted by Gasteiger charge is -2.26. The minimum absolute atomic E-state index is 0.0876. The Balaban J connectivity index is 1.51. The summed E-state index contributed by atoms with van der Waals surface area (Å²) in [6, 6.07) is 6.16. The smallest absolute Gasteiger partial charge is 0.179 e. The van der Waals surface area contributed by atoms with Crippen molar-refractivity contribution in [3.63, 3.8) is 0 Å². The van der Waals surface area contributed by atoms with Gasteiger partial charge in [0.15, 0.2) is 6.19 Å². The first-order valence-corrected chi connectivity index (χ1v) is 12.4. The number of nitrogens with zero attached hydrogens (tertiary/aromatic N) is 9. The summed E-state index contributed by atoms with van der Waals surface area (Å²) in [5.74, 6) is 6.34. The van der Waals surface area contributed by atoms with Crippen molar-refractivity contribution in [3.8, 4) is 18.0 Å². The number of hydrogen-bond donors (Lipinski definition) is 1. The van der Waals surface area contributed by atoms with E-state index in [4.69, 9.17) is 20.8 Å². The maximum Gasteiger partial charge on any atom is 0.179 e. The molecule has 1 fully saturated rings. The number of pyridine rings is 2. The molecule has 2 N–H and O–H groups in total. The number of fused-ring (bicyclic) bond motifs is 2. The van der Waals surface area contributed by atoms with E-state index in [2.05, 4.69) is 27.4 Å². The summed E-state index contributed by atoms with van der Waals surface area (Å²) in [4.78, 5) is 11.0. The fraction of sp³-hybridized carbons (Fsp3) is 0.333. The average molecular weight is 509 g/mol. The van der Waals surface area contributed by atoms with E-state index in [9.17, 15) is 5.26 Å². The van der Waals surface area contributed by atoms with Crippen molar-refractivity contribution in [1.82, 2.24) is 24.1 Å². The van der Waals surface area contributed by atoms with E-state index >= 15 is 0 Å². The van der Waals surface area contributed by atoms with Gasteiger partial charge in [0.25, 0.3) is 0 Å². The summed E-state index contributed by atoms with van der Waals surface area (Å²) in [6.45, 7) is 5.19. The molecule has 1 aliphatic rings. The van der Waals surface area contributed by atoms with Gasteiger partial charge in [-0.1, -0.05) is 0 Å². The Morgan fingerprint density at radius 3 is 2.74 bits per heavy atom. The summed E-state index contributed by atoms with van der Waals surface area (Å²) in [5.41, 5.74) is 4.76. The minimum atomic E-state index is -0.368. The zero-order chi connectivity index (χ0) is 26.8. The van der Waals surface area contributed by atoms with Crippen molar-refractivity contribution < 1.29 is 4.74 Å². The summed E-state index contributed by atoms with van der Waals surface area (Å²) >= 11 is 0. The number of likely N-dealkylation sites (tertiary alicyclic amines) is 1. The fourth-order valence-electron chi connectivity index (χ4n) is 4.97. The molecule has 1 atom stereocenters. The molecule has 5 heterocycles. The van der Waals surface area contributed by atoms with Crippen LogP contribution in [0.3, 0.4) is 0 Å². The minimum Gasteiger partial charge on any atom is -0.484 e. The van der Waals surface area contributed by atoms with Crippen LogP contribution >= 0.6 is 0 Å². The molecular weight excluding hydrogens is 480 g/mol. The maximum absolute atomic E-state index is 9.72. The van der Waals surface area contributed by atoms with Crippen LogP contribution in [-0.4, -0.2) is 54.6 Å². The molecule has 0 bridgehead atoms. The first-order chi connectivity index (χ1) is 18.4. The Morgan fingerprint density at radius 2 is 2.03 bits per heavy atom. The van der Waals surface area contributed by atoms with E-state index in [0.717, 1.165) is 29.3 Å². The second kappa shape index (κ2) is 10.2. The monoisotopic (exact) mass is 508 g/mol.